The minimum Gasteiger partial charge on any atom is -0.381 e. The topological polar surface area (TPSA) is 62.1 Å². The molecule has 0 saturated heterocycles. The maximum Gasteiger partial charge on any atom is 0.240 e. The van der Waals surface area contributed by atoms with Crippen LogP contribution in [-0.4, -0.2) is 25.7 Å². The Labute approximate surface area is 102 Å². The van der Waals surface area contributed by atoms with E-state index in [0.29, 0.717) is 26.0 Å². The highest BCUT2D eigenvalue weighted by Crippen LogP contribution is 2.40. The second-order valence-corrected chi connectivity index (χ2v) is 5.18. The number of nitrogens with one attached hydrogen (secondary N) is 1. The smallest absolute Gasteiger partial charge is 0.240 e. The van der Waals surface area contributed by atoms with Crippen LogP contribution in [0, 0.1) is 22.7 Å². The van der Waals surface area contributed by atoms with Gasteiger partial charge in [0.15, 0.2) is 0 Å². The van der Waals surface area contributed by atoms with Crippen LogP contribution in [0.4, 0.5) is 0 Å². The van der Waals surface area contributed by atoms with Gasteiger partial charge in [-0.25, -0.2) is 0 Å². The minimum atomic E-state index is -0.713. The summed E-state index contributed by atoms with van der Waals surface area (Å²) in [6, 6.07) is 2.15. The van der Waals surface area contributed by atoms with Crippen LogP contribution >= 0.6 is 0 Å². The summed E-state index contributed by atoms with van der Waals surface area (Å²) in [5.41, 5.74) is -0.713. The van der Waals surface area contributed by atoms with E-state index in [0.717, 1.165) is 25.4 Å². The van der Waals surface area contributed by atoms with E-state index >= 15 is 0 Å². The molecule has 0 unspecified atom stereocenters. The third-order valence-corrected chi connectivity index (χ3v) is 3.66. The number of hydrogen-bond donors (Lipinski definition) is 1. The van der Waals surface area contributed by atoms with Crippen molar-refractivity contribution >= 4 is 5.91 Å². The van der Waals surface area contributed by atoms with Gasteiger partial charge in [-0.1, -0.05) is 0 Å². The van der Waals surface area contributed by atoms with E-state index in [4.69, 9.17) is 10.00 Å². The number of carbonyl (C=O) groups excluding carboxylic acids is 1. The van der Waals surface area contributed by atoms with Crippen LogP contribution in [0.5, 0.6) is 0 Å². The van der Waals surface area contributed by atoms with E-state index in [2.05, 4.69) is 11.4 Å². The molecule has 0 bridgehead atoms. The van der Waals surface area contributed by atoms with Crippen LogP contribution in [0.25, 0.3) is 0 Å². The molecule has 4 nitrogen and oxygen atoms in total. The molecule has 1 amide bonds. The lowest BCUT2D eigenvalue weighted by molar-refractivity contribution is -0.131. The molecule has 0 aromatic rings. The fourth-order valence-corrected chi connectivity index (χ4v) is 2.00. The van der Waals surface area contributed by atoms with Gasteiger partial charge in [-0.05, 0) is 44.4 Å². The first-order valence-corrected chi connectivity index (χ1v) is 6.54. The zero-order valence-corrected chi connectivity index (χ0v) is 10.2. The van der Waals surface area contributed by atoms with Crippen LogP contribution in [0.15, 0.2) is 0 Å². The van der Waals surface area contributed by atoms with E-state index in [-0.39, 0.29) is 5.91 Å². The molecule has 0 spiro atoms. The van der Waals surface area contributed by atoms with Crippen LogP contribution in [0.3, 0.4) is 0 Å². The van der Waals surface area contributed by atoms with Gasteiger partial charge in [0.05, 0.1) is 6.07 Å². The van der Waals surface area contributed by atoms with Crippen molar-refractivity contribution in [2.45, 2.75) is 38.5 Å². The first kappa shape index (κ1) is 12.4. The highest BCUT2D eigenvalue weighted by atomic mass is 16.5. The standard InChI is InChI=1S/C13H20N2O2/c14-10-13(5-1-6-13)12(16)15-7-2-8-17-9-11-3-4-11/h11H,1-9H2,(H,15,16). The normalized spacial score (nSPS) is 21.4. The fourth-order valence-electron chi connectivity index (χ4n) is 2.00. The SMILES string of the molecule is N#CC1(C(=O)NCCCOCC2CC2)CCC1. The average Bonchev–Trinajstić information content (AvgIpc) is 3.06. The molecule has 0 aliphatic heterocycles. The first-order chi connectivity index (χ1) is 8.27. The number of rotatable bonds is 7. The molecular weight excluding hydrogens is 216 g/mol. The summed E-state index contributed by atoms with van der Waals surface area (Å²) < 4.78 is 5.48. The van der Waals surface area contributed by atoms with Crippen molar-refractivity contribution in [1.29, 1.82) is 5.26 Å². The van der Waals surface area contributed by atoms with Gasteiger partial charge in [-0.15, -0.1) is 0 Å². The Bertz CT molecular complexity index is 314. The van der Waals surface area contributed by atoms with Crippen molar-refractivity contribution in [3.05, 3.63) is 0 Å². The Morgan fingerprint density at radius 3 is 2.76 bits per heavy atom. The van der Waals surface area contributed by atoms with Gasteiger partial charge in [0.2, 0.25) is 5.91 Å². The number of ether oxygens (including phenoxy) is 1. The summed E-state index contributed by atoms with van der Waals surface area (Å²) in [5, 5.41) is 11.8. The lowest BCUT2D eigenvalue weighted by Crippen LogP contribution is -2.45. The molecular formula is C13H20N2O2. The molecule has 2 rings (SSSR count). The molecule has 0 radical (unpaired) electrons. The van der Waals surface area contributed by atoms with Gasteiger partial charge < -0.3 is 10.1 Å². The number of nitrogens with zero attached hydrogens (tertiary/aromatic N) is 1. The summed E-state index contributed by atoms with van der Waals surface area (Å²) >= 11 is 0. The Morgan fingerprint density at radius 2 is 2.24 bits per heavy atom. The van der Waals surface area contributed by atoms with Crippen LogP contribution in [0.1, 0.15) is 38.5 Å². The van der Waals surface area contributed by atoms with E-state index in [1.54, 1.807) is 0 Å². The van der Waals surface area contributed by atoms with E-state index in [1.165, 1.54) is 12.8 Å². The van der Waals surface area contributed by atoms with Crippen molar-refractivity contribution in [2.75, 3.05) is 19.8 Å². The third kappa shape index (κ3) is 3.19. The van der Waals surface area contributed by atoms with Crippen molar-refractivity contribution in [3.8, 4) is 6.07 Å². The molecule has 2 aliphatic rings. The number of nitriles is 1. The van der Waals surface area contributed by atoms with Gasteiger partial charge in [-0.2, -0.15) is 5.26 Å². The van der Waals surface area contributed by atoms with Crippen molar-refractivity contribution in [2.24, 2.45) is 11.3 Å². The third-order valence-electron chi connectivity index (χ3n) is 3.66. The second kappa shape index (κ2) is 5.50. The molecule has 4 heteroatoms. The van der Waals surface area contributed by atoms with Gasteiger partial charge in [0.1, 0.15) is 5.41 Å². The zero-order valence-electron chi connectivity index (χ0n) is 10.2. The summed E-state index contributed by atoms with van der Waals surface area (Å²) in [4.78, 5) is 11.8. The summed E-state index contributed by atoms with van der Waals surface area (Å²) in [6.45, 7) is 2.19. The highest BCUT2D eigenvalue weighted by Gasteiger charge is 2.44. The number of amides is 1. The van der Waals surface area contributed by atoms with Crippen molar-refractivity contribution in [3.63, 3.8) is 0 Å². The Hall–Kier alpha value is -1.08. The quantitative estimate of drug-likeness (QED) is 0.683. The molecule has 0 aromatic carbocycles. The summed E-state index contributed by atoms with van der Waals surface area (Å²) in [5.74, 6) is 0.704. The van der Waals surface area contributed by atoms with Crippen molar-refractivity contribution in [1.82, 2.24) is 5.32 Å². The summed E-state index contributed by atoms with van der Waals surface area (Å²) in [6.07, 6.45) is 5.87. The molecule has 2 aliphatic carbocycles. The predicted octanol–water partition coefficient (Wildman–Crippen LogP) is 1.61. The van der Waals surface area contributed by atoms with Crippen LogP contribution in [0.2, 0.25) is 0 Å². The van der Waals surface area contributed by atoms with Gasteiger partial charge in [0.25, 0.3) is 0 Å². The number of carbonyl (C=O) groups is 1. The van der Waals surface area contributed by atoms with Gasteiger partial charge >= 0.3 is 0 Å². The van der Waals surface area contributed by atoms with E-state index < -0.39 is 5.41 Å². The van der Waals surface area contributed by atoms with Gasteiger partial charge in [-0.3, -0.25) is 4.79 Å². The average molecular weight is 236 g/mol. The predicted molar refractivity (Wildman–Crippen MR) is 63.1 cm³/mol. The monoisotopic (exact) mass is 236 g/mol. The summed E-state index contributed by atoms with van der Waals surface area (Å²) in [7, 11) is 0. The lowest BCUT2D eigenvalue weighted by atomic mass is 9.69. The largest absolute Gasteiger partial charge is 0.381 e. The molecule has 17 heavy (non-hydrogen) atoms. The molecule has 0 aromatic heterocycles. The minimum absolute atomic E-state index is 0.0894. The Kier molecular flexibility index (Phi) is 4.01. The molecule has 2 fully saturated rings. The van der Waals surface area contributed by atoms with Crippen molar-refractivity contribution < 1.29 is 9.53 Å². The van der Waals surface area contributed by atoms with E-state index in [9.17, 15) is 4.79 Å². The molecule has 2 saturated carbocycles. The molecule has 0 atom stereocenters. The van der Waals surface area contributed by atoms with Crippen LogP contribution in [-0.2, 0) is 9.53 Å². The molecule has 94 valence electrons. The Morgan fingerprint density at radius 1 is 1.47 bits per heavy atom. The maximum absolute atomic E-state index is 11.8. The first-order valence-electron chi connectivity index (χ1n) is 6.54. The fraction of sp³-hybridized carbons (Fsp3) is 0.846. The van der Waals surface area contributed by atoms with Crippen LogP contribution < -0.4 is 5.32 Å². The Balaban J connectivity index is 1.52. The molecule has 1 N–H and O–H groups in total. The highest BCUT2D eigenvalue weighted by molar-refractivity contribution is 5.86. The van der Waals surface area contributed by atoms with E-state index in [1.807, 2.05) is 0 Å². The maximum atomic E-state index is 11.8. The number of hydrogen-bond acceptors (Lipinski definition) is 3. The van der Waals surface area contributed by atoms with Gasteiger partial charge in [0, 0.05) is 19.8 Å². The second-order valence-electron chi connectivity index (χ2n) is 5.18. The molecule has 0 heterocycles. The zero-order chi connectivity index (χ0) is 12.1. The lowest BCUT2D eigenvalue weighted by Gasteiger charge is -2.33.